The van der Waals surface area contributed by atoms with E-state index in [4.69, 9.17) is 4.42 Å². The maximum absolute atomic E-state index is 13.2. The molecule has 0 atom stereocenters. The highest BCUT2D eigenvalue weighted by atomic mass is 19.2. The van der Waals surface area contributed by atoms with Gasteiger partial charge in [-0.15, -0.1) is 0 Å². The summed E-state index contributed by atoms with van der Waals surface area (Å²) in [4.78, 5) is 24.4. The van der Waals surface area contributed by atoms with Crippen molar-refractivity contribution < 1.29 is 22.4 Å². The molecule has 2 aromatic carbocycles. The van der Waals surface area contributed by atoms with Crippen LogP contribution in [0.3, 0.4) is 0 Å². The van der Waals surface area contributed by atoms with E-state index in [1.54, 1.807) is 12.1 Å². The zero-order valence-electron chi connectivity index (χ0n) is 13.2. The number of amides is 1. The summed E-state index contributed by atoms with van der Waals surface area (Å²) in [7, 11) is 0. The number of rotatable bonds is 2. The maximum Gasteiger partial charge on any atom is 0.291 e. The fraction of sp³-hybridized carbons (Fsp3) is 0.111. The molecule has 0 aliphatic rings. The number of hydrogen-bond acceptors (Lipinski definition) is 3. The molecule has 0 saturated heterocycles. The van der Waals surface area contributed by atoms with Crippen molar-refractivity contribution in [2.24, 2.45) is 0 Å². The van der Waals surface area contributed by atoms with Crippen LogP contribution in [0.5, 0.6) is 0 Å². The lowest BCUT2D eigenvalue weighted by Gasteiger charge is -2.07. The first-order valence-corrected chi connectivity index (χ1v) is 7.27. The van der Waals surface area contributed by atoms with Crippen LogP contribution in [0.1, 0.15) is 21.7 Å². The van der Waals surface area contributed by atoms with Crippen LogP contribution in [0.4, 0.5) is 18.9 Å². The largest absolute Gasteiger partial charge is 0.451 e. The predicted octanol–water partition coefficient (Wildman–Crippen LogP) is 4.08. The van der Waals surface area contributed by atoms with Crippen LogP contribution < -0.4 is 10.7 Å². The molecule has 0 radical (unpaired) electrons. The quantitative estimate of drug-likeness (QED) is 0.711. The molecule has 0 spiro atoms. The van der Waals surface area contributed by atoms with Gasteiger partial charge < -0.3 is 9.73 Å². The van der Waals surface area contributed by atoms with Gasteiger partial charge in [0.1, 0.15) is 5.58 Å². The van der Waals surface area contributed by atoms with Gasteiger partial charge in [-0.1, -0.05) is 0 Å². The second-order valence-electron chi connectivity index (χ2n) is 5.62. The number of anilines is 1. The Morgan fingerprint density at radius 2 is 1.56 bits per heavy atom. The summed E-state index contributed by atoms with van der Waals surface area (Å²) in [5.74, 6) is -5.74. The van der Waals surface area contributed by atoms with E-state index in [0.717, 1.165) is 17.2 Å². The first kappa shape index (κ1) is 16.8. The van der Waals surface area contributed by atoms with Crippen LogP contribution in [-0.4, -0.2) is 5.91 Å². The molecule has 0 bridgehead atoms. The third-order valence-electron chi connectivity index (χ3n) is 3.81. The molecule has 7 heteroatoms. The normalized spacial score (nSPS) is 10.9. The van der Waals surface area contributed by atoms with E-state index in [0.29, 0.717) is 17.5 Å². The Morgan fingerprint density at radius 1 is 0.960 bits per heavy atom. The van der Waals surface area contributed by atoms with Gasteiger partial charge in [-0.25, -0.2) is 13.2 Å². The van der Waals surface area contributed by atoms with Crippen molar-refractivity contribution in [3.05, 3.63) is 74.9 Å². The van der Waals surface area contributed by atoms with Crippen molar-refractivity contribution in [3.8, 4) is 0 Å². The van der Waals surface area contributed by atoms with Crippen LogP contribution in [0.15, 0.2) is 39.5 Å². The molecule has 128 valence electrons. The minimum Gasteiger partial charge on any atom is -0.451 e. The molecule has 4 nitrogen and oxygen atoms in total. The number of aryl methyl sites for hydroxylation is 2. The second-order valence-corrected chi connectivity index (χ2v) is 5.62. The van der Waals surface area contributed by atoms with Gasteiger partial charge >= 0.3 is 0 Å². The van der Waals surface area contributed by atoms with Crippen LogP contribution in [-0.2, 0) is 0 Å². The van der Waals surface area contributed by atoms with E-state index in [2.05, 4.69) is 5.32 Å². The van der Waals surface area contributed by atoms with Gasteiger partial charge in [0.15, 0.2) is 28.6 Å². The minimum absolute atomic E-state index is 0.220. The Kier molecular flexibility index (Phi) is 4.08. The Morgan fingerprint density at radius 3 is 2.20 bits per heavy atom. The smallest absolute Gasteiger partial charge is 0.291 e. The van der Waals surface area contributed by atoms with Crippen LogP contribution >= 0.6 is 0 Å². The third kappa shape index (κ3) is 3.13. The number of fused-ring (bicyclic) bond motifs is 1. The van der Waals surface area contributed by atoms with Gasteiger partial charge in [0.25, 0.3) is 5.91 Å². The van der Waals surface area contributed by atoms with E-state index in [1.165, 1.54) is 0 Å². The third-order valence-corrected chi connectivity index (χ3v) is 3.81. The fourth-order valence-corrected chi connectivity index (χ4v) is 2.34. The lowest BCUT2D eigenvalue weighted by molar-refractivity contribution is 0.0997. The molecule has 0 aliphatic carbocycles. The highest BCUT2D eigenvalue weighted by molar-refractivity contribution is 6.03. The summed E-state index contributed by atoms with van der Waals surface area (Å²) in [6.45, 7) is 3.66. The number of hydrogen-bond donors (Lipinski definition) is 1. The van der Waals surface area contributed by atoms with Crippen LogP contribution in [0.2, 0.25) is 0 Å². The molecule has 0 saturated carbocycles. The lowest BCUT2D eigenvalue weighted by Crippen LogP contribution is -2.15. The topological polar surface area (TPSA) is 59.3 Å². The number of halogens is 3. The molecule has 1 aromatic heterocycles. The number of carbonyl (C=O) groups is 1. The van der Waals surface area contributed by atoms with Gasteiger partial charge in [-0.3, -0.25) is 9.59 Å². The van der Waals surface area contributed by atoms with Crippen molar-refractivity contribution >= 4 is 22.6 Å². The first-order valence-electron chi connectivity index (χ1n) is 7.27. The summed E-state index contributed by atoms with van der Waals surface area (Å²) in [6, 6.07) is 5.53. The monoisotopic (exact) mass is 347 g/mol. The SMILES string of the molecule is Cc1cc2oc(C(=O)Nc3cc(F)c(F)c(F)c3)cc(=O)c2cc1C. The first-order chi connectivity index (χ1) is 11.8. The summed E-state index contributed by atoms with van der Waals surface area (Å²) in [5.41, 5.74) is 1.26. The van der Waals surface area contributed by atoms with E-state index in [1.807, 2.05) is 13.8 Å². The van der Waals surface area contributed by atoms with Gasteiger partial charge in [-0.2, -0.15) is 0 Å². The van der Waals surface area contributed by atoms with E-state index < -0.39 is 28.8 Å². The number of carbonyl (C=O) groups excluding carboxylic acids is 1. The molecule has 1 heterocycles. The molecular formula is C18H12F3NO3. The molecule has 0 aliphatic heterocycles. The molecular weight excluding hydrogens is 335 g/mol. The van der Waals surface area contributed by atoms with E-state index >= 15 is 0 Å². The van der Waals surface area contributed by atoms with Crippen LogP contribution in [0, 0.1) is 31.3 Å². The second kappa shape index (κ2) is 6.08. The Bertz CT molecular complexity index is 1050. The number of benzene rings is 2. The van der Waals surface area contributed by atoms with Gasteiger partial charge in [-0.05, 0) is 37.1 Å². The van der Waals surface area contributed by atoms with Crippen molar-refractivity contribution in [2.75, 3.05) is 5.32 Å². The zero-order chi connectivity index (χ0) is 18.3. The standard InChI is InChI=1S/C18H12F3NO3/c1-8-3-11-14(23)7-16(25-15(11)4-9(8)2)18(24)22-10-5-12(19)17(21)13(20)6-10/h3-7H,1-2H3,(H,22,24). The van der Waals surface area contributed by atoms with Crippen LogP contribution in [0.25, 0.3) is 11.0 Å². The molecule has 1 N–H and O–H groups in total. The van der Waals surface area contributed by atoms with Crippen molar-refractivity contribution in [2.45, 2.75) is 13.8 Å². The molecule has 0 unspecified atom stereocenters. The van der Waals surface area contributed by atoms with Crippen molar-refractivity contribution in [1.82, 2.24) is 0 Å². The van der Waals surface area contributed by atoms with Gasteiger partial charge in [0.05, 0.1) is 5.39 Å². The number of nitrogens with one attached hydrogen (secondary N) is 1. The Hall–Kier alpha value is -3.09. The summed E-state index contributed by atoms with van der Waals surface area (Å²) in [6.07, 6.45) is 0. The Labute approximate surface area is 139 Å². The summed E-state index contributed by atoms with van der Waals surface area (Å²) < 4.78 is 44.8. The van der Waals surface area contributed by atoms with Gasteiger partial charge in [0, 0.05) is 23.9 Å². The van der Waals surface area contributed by atoms with E-state index in [9.17, 15) is 22.8 Å². The van der Waals surface area contributed by atoms with Crippen molar-refractivity contribution in [1.29, 1.82) is 0 Å². The van der Waals surface area contributed by atoms with Gasteiger partial charge in [0.2, 0.25) is 0 Å². The predicted molar refractivity (Wildman–Crippen MR) is 86.2 cm³/mol. The lowest BCUT2D eigenvalue weighted by atomic mass is 10.1. The molecule has 25 heavy (non-hydrogen) atoms. The molecule has 0 fully saturated rings. The highest BCUT2D eigenvalue weighted by Crippen LogP contribution is 2.20. The molecule has 3 rings (SSSR count). The fourth-order valence-electron chi connectivity index (χ4n) is 2.34. The highest BCUT2D eigenvalue weighted by Gasteiger charge is 2.16. The molecule has 1 amide bonds. The summed E-state index contributed by atoms with van der Waals surface area (Å²) in [5, 5.41) is 2.48. The maximum atomic E-state index is 13.2. The van der Waals surface area contributed by atoms with Crippen molar-refractivity contribution in [3.63, 3.8) is 0 Å². The molecule has 3 aromatic rings. The Balaban J connectivity index is 2.00. The van der Waals surface area contributed by atoms with E-state index in [-0.39, 0.29) is 17.0 Å². The average molecular weight is 347 g/mol. The average Bonchev–Trinajstić information content (AvgIpc) is 2.54. The summed E-state index contributed by atoms with van der Waals surface area (Å²) >= 11 is 0. The minimum atomic E-state index is -1.64. The zero-order valence-corrected chi connectivity index (χ0v) is 13.2.